The van der Waals surface area contributed by atoms with E-state index in [0.29, 0.717) is 12.0 Å². The molecule has 0 amide bonds. The van der Waals surface area contributed by atoms with Crippen molar-refractivity contribution in [3.63, 3.8) is 0 Å². The first-order valence-electron chi connectivity index (χ1n) is 7.69. The summed E-state index contributed by atoms with van der Waals surface area (Å²) in [6.07, 6.45) is 6.79. The molecule has 2 fully saturated rings. The lowest BCUT2D eigenvalue weighted by atomic mass is 9.97. The van der Waals surface area contributed by atoms with Crippen molar-refractivity contribution in [3.8, 4) is 0 Å². The van der Waals surface area contributed by atoms with Gasteiger partial charge in [0, 0.05) is 44.1 Å². The molecule has 4 nitrogen and oxygen atoms in total. The van der Waals surface area contributed by atoms with Crippen LogP contribution in [0.3, 0.4) is 0 Å². The van der Waals surface area contributed by atoms with Crippen molar-refractivity contribution in [2.45, 2.75) is 45.3 Å². The Morgan fingerprint density at radius 2 is 2.16 bits per heavy atom. The second-order valence-electron chi connectivity index (χ2n) is 6.43. The Morgan fingerprint density at radius 3 is 2.79 bits per heavy atom. The summed E-state index contributed by atoms with van der Waals surface area (Å²) in [5.41, 5.74) is 0. The zero-order valence-corrected chi connectivity index (χ0v) is 12.1. The molecule has 2 aliphatic rings. The zero-order chi connectivity index (χ0) is 13.2. The Bertz CT molecular complexity index is 383. The zero-order valence-electron chi connectivity index (χ0n) is 12.1. The molecule has 1 N–H and O–H groups in total. The van der Waals surface area contributed by atoms with E-state index in [1.807, 2.05) is 12.3 Å². The average molecular weight is 262 g/mol. The molecule has 19 heavy (non-hydrogen) atoms. The van der Waals surface area contributed by atoms with Gasteiger partial charge in [-0.1, -0.05) is 13.8 Å². The highest BCUT2D eigenvalue weighted by molar-refractivity contribution is 4.95. The first-order chi connectivity index (χ1) is 9.24. The Balaban J connectivity index is 1.59. The lowest BCUT2D eigenvalue weighted by molar-refractivity contribution is 0.0949. The lowest BCUT2D eigenvalue weighted by Gasteiger charge is -2.42. The van der Waals surface area contributed by atoms with Crippen LogP contribution in [0.1, 0.15) is 26.7 Å². The van der Waals surface area contributed by atoms with E-state index in [1.54, 1.807) is 0 Å². The van der Waals surface area contributed by atoms with Crippen molar-refractivity contribution < 1.29 is 0 Å². The van der Waals surface area contributed by atoms with Crippen LogP contribution < -0.4 is 5.32 Å². The highest BCUT2D eigenvalue weighted by Crippen LogP contribution is 2.36. The molecule has 106 valence electrons. The van der Waals surface area contributed by atoms with Crippen molar-refractivity contribution in [2.24, 2.45) is 11.8 Å². The van der Waals surface area contributed by atoms with Gasteiger partial charge in [0.2, 0.25) is 0 Å². The quantitative estimate of drug-likeness (QED) is 0.875. The van der Waals surface area contributed by atoms with Crippen molar-refractivity contribution in [1.82, 2.24) is 20.0 Å². The Kier molecular flexibility index (Phi) is 3.89. The molecule has 3 rings (SSSR count). The molecule has 2 atom stereocenters. The van der Waals surface area contributed by atoms with Crippen LogP contribution in [0.15, 0.2) is 18.5 Å². The van der Waals surface area contributed by atoms with Gasteiger partial charge in [0.1, 0.15) is 0 Å². The molecule has 1 aliphatic carbocycles. The third kappa shape index (κ3) is 3.18. The molecule has 0 radical (unpaired) electrons. The van der Waals surface area contributed by atoms with Crippen LogP contribution in [0.25, 0.3) is 0 Å². The second kappa shape index (κ2) is 5.63. The maximum atomic E-state index is 4.31. The minimum absolute atomic E-state index is 0.646. The molecule has 1 aromatic heterocycles. The molecule has 2 heterocycles. The van der Waals surface area contributed by atoms with Crippen LogP contribution in [-0.4, -0.2) is 46.4 Å². The number of aromatic nitrogens is 2. The van der Waals surface area contributed by atoms with Gasteiger partial charge in [0.05, 0.1) is 6.54 Å². The summed E-state index contributed by atoms with van der Waals surface area (Å²) < 4.78 is 2.05. The molecule has 2 unspecified atom stereocenters. The largest absolute Gasteiger partial charge is 0.311 e. The van der Waals surface area contributed by atoms with Gasteiger partial charge in [-0.05, 0) is 30.7 Å². The summed E-state index contributed by atoms with van der Waals surface area (Å²) in [7, 11) is 0. The summed E-state index contributed by atoms with van der Waals surface area (Å²) in [6.45, 7) is 9.16. The standard InChI is InChI=1S/C15H26N4/c1-12(2)14-11-18(8-9-19-7-3-6-17-19)15(10-16-14)13-4-5-13/h3,6-7,12-16H,4-5,8-11H2,1-2H3. The fourth-order valence-electron chi connectivity index (χ4n) is 3.17. The molecule has 0 aromatic carbocycles. The summed E-state index contributed by atoms with van der Waals surface area (Å²) in [5, 5.41) is 8.06. The Hall–Kier alpha value is -0.870. The highest BCUT2D eigenvalue weighted by Gasteiger charge is 2.38. The van der Waals surface area contributed by atoms with Gasteiger partial charge in [-0.2, -0.15) is 5.10 Å². The number of piperazine rings is 1. The first-order valence-corrected chi connectivity index (χ1v) is 7.69. The van der Waals surface area contributed by atoms with E-state index in [4.69, 9.17) is 0 Å². The van der Waals surface area contributed by atoms with Gasteiger partial charge in [0.25, 0.3) is 0 Å². The van der Waals surface area contributed by atoms with Gasteiger partial charge >= 0.3 is 0 Å². The van der Waals surface area contributed by atoms with Crippen LogP contribution in [0.4, 0.5) is 0 Å². The number of hydrogen-bond acceptors (Lipinski definition) is 3. The van der Waals surface area contributed by atoms with Crippen LogP contribution in [0.2, 0.25) is 0 Å². The molecule has 0 spiro atoms. The SMILES string of the molecule is CC(C)C1CN(CCn2cccn2)C(C2CC2)CN1. The molecule has 4 heteroatoms. The van der Waals surface area contributed by atoms with E-state index in [1.165, 1.54) is 25.9 Å². The first kappa shape index (κ1) is 13.1. The molecule has 1 aromatic rings. The number of hydrogen-bond donors (Lipinski definition) is 1. The predicted octanol–water partition coefficient (Wildman–Crippen LogP) is 1.59. The molecule has 1 saturated heterocycles. The van der Waals surface area contributed by atoms with Gasteiger partial charge in [-0.3, -0.25) is 9.58 Å². The van der Waals surface area contributed by atoms with Crippen LogP contribution in [-0.2, 0) is 6.54 Å². The lowest BCUT2D eigenvalue weighted by Crippen LogP contribution is -2.59. The minimum atomic E-state index is 0.646. The van der Waals surface area contributed by atoms with E-state index >= 15 is 0 Å². The van der Waals surface area contributed by atoms with E-state index in [9.17, 15) is 0 Å². The molecule has 1 saturated carbocycles. The highest BCUT2D eigenvalue weighted by atomic mass is 15.3. The van der Waals surface area contributed by atoms with E-state index in [2.05, 4.69) is 40.0 Å². The fourth-order valence-corrected chi connectivity index (χ4v) is 3.17. The molecular weight excluding hydrogens is 236 g/mol. The molecular formula is C15H26N4. The average Bonchev–Trinajstić information content (AvgIpc) is 3.12. The van der Waals surface area contributed by atoms with Gasteiger partial charge in [-0.15, -0.1) is 0 Å². The van der Waals surface area contributed by atoms with E-state index < -0.39 is 0 Å². The van der Waals surface area contributed by atoms with Crippen molar-refractivity contribution in [1.29, 1.82) is 0 Å². The van der Waals surface area contributed by atoms with Crippen molar-refractivity contribution in [2.75, 3.05) is 19.6 Å². The number of nitrogens with zero attached hydrogens (tertiary/aromatic N) is 3. The normalized spacial score (nSPS) is 29.0. The minimum Gasteiger partial charge on any atom is -0.311 e. The molecule has 1 aliphatic heterocycles. The Labute approximate surface area is 116 Å². The van der Waals surface area contributed by atoms with E-state index in [-0.39, 0.29) is 0 Å². The maximum Gasteiger partial charge on any atom is 0.0536 e. The van der Waals surface area contributed by atoms with Gasteiger partial charge in [-0.25, -0.2) is 0 Å². The van der Waals surface area contributed by atoms with Crippen LogP contribution in [0, 0.1) is 11.8 Å². The monoisotopic (exact) mass is 262 g/mol. The van der Waals surface area contributed by atoms with Gasteiger partial charge < -0.3 is 5.32 Å². The smallest absolute Gasteiger partial charge is 0.0536 e. The third-order valence-corrected chi connectivity index (χ3v) is 4.64. The van der Waals surface area contributed by atoms with Crippen LogP contribution >= 0.6 is 0 Å². The fraction of sp³-hybridized carbons (Fsp3) is 0.800. The maximum absolute atomic E-state index is 4.31. The van der Waals surface area contributed by atoms with Crippen LogP contribution in [0.5, 0.6) is 0 Å². The number of nitrogens with one attached hydrogen (secondary N) is 1. The Morgan fingerprint density at radius 1 is 1.32 bits per heavy atom. The summed E-state index contributed by atoms with van der Waals surface area (Å²) in [4.78, 5) is 2.71. The third-order valence-electron chi connectivity index (χ3n) is 4.64. The molecule has 0 bridgehead atoms. The van der Waals surface area contributed by atoms with Crippen molar-refractivity contribution in [3.05, 3.63) is 18.5 Å². The van der Waals surface area contributed by atoms with Gasteiger partial charge in [0.15, 0.2) is 0 Å². The predicted molar refractivity (Wildman–Crippen MR) is 76.9 cm³/mol. The van der Waals surface area contributed by atoms with E-state index in [0.717, 1.165) is 25.0 Å². The van der Waals surface area contributed by atoms with Crippen molar-refractivity contribution >= 4 is 0 Å². The summed E-state index contributed by atoms with van der Waals surface area (Å²) >= 11 is 0. The number of rotatable bonds is 5. The summed E-state index contributed by atoms with van der Waals surface area (Å²) in [6, 6.07) is 3.41. The summed E-state index contributed by atoms with van der Waals surface area (Å²) in [5.74, 6) is 1.66. The topological polar surface area (TPSA) is 33.1 Å². The second-order valence-corrected chi connectivity index (χ2v) is 6.43.